The summed E-state index contributed by atoms with van der Waals surface area (Å²) in [5.41, 5.74) is 0. The Kier molecular flexibility index (Phi) is 337. The van der Waals surface area contributed by atoms with Crippen molar-refractivity contribution in [2.45, 2.75) is 0 Å². The summed E-state index contributed by atoms with van der Waals surface area (Å²) in [4.78, 5) is 0. The Hall–Kier alpha value is 3.70. The van der Waals surface area contributed by atoms with Crippen molar-refractivity contribution >= 4 is 47.8 Å². The fourth-order valence-electron chi connectivity index (χ4n) is 0. The van der Waals surface area contributed by atoms with Crippen molar-refractivity contribution in [2.75, 3.05) is 0 Å². The molecule has 0 fully saturated rings. The van der Waals surface area contributed by atoms with E-state index in [4.69, 9.17) is 0 Å². The van der Waals surface area contributed by atoms with Crippen molar-refractivity contribution in [3.63, 3.8) is 0 Å². The average molecular weight is 748 g/mol. The van der Waals surface area contributed by atoms with E-state index in [2.05, 4.69) is 0 Å². The maximum Gasteiger partial charge on any atom is 0 e. The summed E-state index contributed by atoms with van der Waals surface area (Å²) in [5.74, 6) is 0. The van der Waals surface area contributed by atoms with Gasteiger partial charge in [-0.25, -0.2) is 0 Å². The van der Waals surface area contributed by atoms with E-state index in [1.54, 1.807) is 0 Å². The molecule has 4 radical (unpaired) electrons. The minimum absolute atomic E-state index is 0. The Morgan fingerprint density at radius 3 is 0.500 bits per heavy atom. The van der Waals surface area contributed by atoms with Crippen molar-refractivity contribution in [3.8, 4) is 0 Å². The van der Waals surface area contributed by atoms with Crippen LogP contribution in [0.5, 0.6) is 0 Å². The summed E-state index contributed by atoms with van der Waals surface area (Å²) < 4.78 is 0. The van der Waals surface area contributed by atoms with Gasteiger partial charge in [-0.1, -0.05) is 0 Å². The monoisotopic (exact) mass is 750 g/mol. The molecule has 0 aromatic carbocycles. The van der Waals surface area contributed by atoms with Crippen LogP contribution in [0.25, 0.3) is 0 Å². The second kappa shape index (κ2) is 37.7. The fourth-order valence-corrected chi connectivity index (χ4v) is 0. The molecule has 0 aliphatic heterocycles. The van der Waals surface area contributed by atoms with Gasteiger partial charge in [-0.2, -0.15) is 0 Å². The third-order valence-corrected chi connectivity index (χ3v) is 0. The molecule has 0 aromatic heterocycles. The van der Waals surface area contributed by atoms with E-state index in [0.717, 1.165) is 0 Å². The van der Waals surface area contributed by atoms with Crippen LogP contribution < -0.4 is 0 Å². The van der Waals surface area contributed by atoms with E-state index in [0.29, 0.717) is 0 Å². The minimum atomic E-state index is 0. The number of hydrogen-bond donors (Lipinski definition) is 0. The van der Waals surface area contributed by atoms with Crippen LogP contribution >= 0.6 is 0 Å². The molecular weight excluding hydrogens is 738 g/mol. The molecule has 0 aliphatic carbocycles. The number of rotatable bonds is 0. The van der Waals surface area contributed by atoms with Gasteiger partial charge in [0.1, 0.15) is 0 Å². The molecule has 0 saturated heterocycles. The van der Waals surface area contributed by atoms with Crippen LogP contribution in [-0.2, 0) is 0 Å². The summed E-state index contributed by atoms with van der Waals surface area (Å²) in [5, 5.41) is 0. The third kappa shape index (κ3) is 25.2. The zero-order valence-corrected chi connectivity index (χ0v) is 20.8. The molecule has 6 heavy (non-hydrogen) atoms. The normalized spacial score (nSPS) is 0. The molecule has 0 saturated carbocycles. The van der Waals surface area contributed by atoms with E-state index in [1.807, 2.05) is 0 Å². The number of hydrogen-bond acceptors (Lipinski definition) is 0. The molecule has 0 spiro atoms. The zero-order chi connectivity index (χ0) is 0. The van der Waals surface area contributed by atoms with Crippen molar-refractivity contribution in [2.24, 2.45) is 0 Å². The first-order valence-corrected chi connectivity index (χ1v) is 0. The smallest absolute Gasteiger partial charge is 0 e. The van der Waals surface area contributed by atoms with Crippen molar-refractivity contribution in [3.05, 3.63) is 14.9 Å². The quantitative estimate of drug-likeness (QED) is 0.222. The summed E-state index contributed by atoms with van der Waals surface area (Å²) >= 11 is 0. The molecule has 0 atom stereocenters. The van der Waals surface area contributed by atoms with E-state index in [9.17, 15) is 0 Å². The van der Waals surface area contributed by atoms with Gasteiger partial charge in [-0.15, -0.1) is 0 Å². The van der Waals surface area contributed by atoms with Crippen LogP contribution in [-0.4, -0.2) is 47.8 Å². The maximum absolute atomic E-state index is 0. The zero-order valence-electron chi connectivity index (χ0n) is 4.41. The van der Waals surface area contributed by atoms with Crippen molar-refractivity contribution in [1.82, 2.24) is 0 Å². The molecule has 0 heterocycles. The van der Waals surface area contributed by atoms with Crippen LogP contribution in [0.2, 0.25) is 0 Å². The van der Waals surface area contributed by atoms with Gasteiger partial charge in [0.05, 0.1) is 0 Å². The van der Waals surface area contributed by atoms with Gasteiger partial charge in [-0.3, -0.25) is 0 Å². The predicted octanol–water partition coefficient (Wildman–Crippen LogP) is -0.932. The van der Waals surface area contributed by atoms with E-state index in [1.165, 1.54) is 0 Å². The molecular formula is C2H10Sn2U2-2. The predicted molar refractivity (Wildman–Crippen MR) is 29.9 cm³/mol. The van der Waals surface area contributed by atoms with E-state index >= 15 is 0 Å². The Balaban J connectivity index is 0. The van der Waals surface area contributed by atoms with E-state index in [-0.39, 0.29) is 125 Å². The summed E-state index contributed by atoms with van der Waals surface area (Å²) in [6, 6.07) is 0. The van der Waals surface area contributed by atoms with Crippen LogP contribution in [0.3, 0.4) is 0 Å². The van der Waals surface area contributed by atoms with Crippen molar-refractivity contribution < 1.29 is 62.2 Å². The average Bonchev–Trinajstić information content (AvgIpc) is 0. The second-order valence-corrected chi connectivity index (χ2v) is 0. The molecule has 36 valence electrons. The van der Waals surface area contributed by atoms with Gasteiger partial charge in [-0.05, 0) is 0 Å². The first-order chi connectivity index (χ1) is 0. The Labute approximate surface area is 122 Å². The van der Waals surface area contributed by atoms with E-state index < -0.39 is 0 Å². The van der Waals surface area contributed by atoms with Crippen LogP contribution in [0.4, 0.5) is 0 Å². The molecule has 0 bridgehead atoms. The molecule has 0 nitrogen and oxygen atoms in total. The molecule has 0 aromatic rings. The first kappa shape index (κ1) is 53.6. The molecule has 4 heteroatoms. The molecule has 0 aliphatic rings. The topological polar surface area (TPSA) is 0 Å². The van der Waals surface area contributed by atoms with Crippen LogP contribution in [0.1, 0.15) is 0 Å². The van der Waals surface area contributed by atoms with Crippen molar-refractivity contribution in [1.29, 1.82) is 0 Å². The maximum atomic E-state index is 0. The fraction of sp³-hybridized carbons (Fsp3) is 0. The molecule has 0 rings (SSSR count). The van der Waals surface area contributed by atoms with Gasteiger partial charge in [0.25, 0.3) is 0 Å². The van der Waals surface area contributed by atoms with Gasteiger partial charge in [0.2, 0.25) is 0 Å². The standard InChI is InChI=1S/2CH3.2Sn.2U.4H/h2*1H3;;;;;;;;/q2*-1;;;;;;;;. The molecule has 0 amide bonds. The van der Waals surface area contributed by atoms with Gasteiger partial charge in [0, 0.05) is 62.2 Å². The van der Waals surface area contributed by atoms with Gasteiger partial charge < -0.3 is 14.9 Å². The van der Waals surface area contributed by atoms with Crippen LogP contribution in [0, 0.1) is 77.1 Å². The summed E-state index contributed by atoms with van der Waals surface area (Å²) in [6.07, 6.45) is 0. The minimum Gasteiger partial charge on any atom is 0 e. The third-order valence-electron chi connectivity index (χ3n) is 0. The second-order valence-electron chi connectivity index (χ2n) is 0. The summed E-state index contributed by atoms with van der Waals surface area (Å²) in [7, 11) is 0. The largest absolute Gasteiger partial charge is 0 e. The Morgan fingerprint density at radius 2 is 0.500 bits per heavy atom. The van der Waals surface area contributed by atoms with Gasteiger partial charge >= 0.3 is 47.8 Å². The molecule has 0 N–H and O–H groups in total. The Bertz CT molecular complexity index is 9.51. The SMILES string of the molecule is [CH3-].[CH3-].[SnH2].[SnH2].[U].[U]. The van der Waals surface area contributed by atoms with Gasteiger partial charge in [0.15, 0.2) is 0 Å². The summed E-state index contributed by atoms with van der Waals surface area (Å²) in [6.45, 7) is 0. The first-order valence-electron chi connectivity index (χ1n) is 0. The molecule has 0 unspecified atom stereocenters. The Morgan fingerprint density at radius 1 is 0.500 bits per heavy atom. The van der Waals surface area contributed by atoms with Crippen LogP contribution in [0.15, 0.2) is 0 Å².